The fourth-order valence-corrected chi connectivity index (χ4v) is 6.49. The summed E-state index contributed by atoms with van der Waals surface area (Å²) in [5.74, 6) is -8.89. The maximum absolute atomic E-state index is 13.9. The number of benzene rings is 2. The van der Waals surface area contributed by atoms with Gasteiger partial charge in [0.15, 0.2) is 18.7 Å². The Labute approximate surface area is 291 Å². The number of carbonyl (C=O) groups is 6. The summed E-state index contributed by atoms with van der Waals surface area (Å²) in [6.07, 6.45) is -13.8. The van der Waals surface area contributed by atoms with Gasteiger partial charge in [-0.2, -0.15) is 13.2 Å². The largest absolute Gasteiger partial charge is 0.507 e. The molecule has 3 aliphatic rings. The summed E-state index contributed by atoms with van der Waals surface area (Å²) >= 11 is 0. The predicted octanol–water partition coefficient (Wildman–Crippen LogP) is 0.408. The van der Waals surface area contributed by atoms with Crippen molar-refractivity contribution in [3.05, 3.63) is 51.6 Å². The van der Waals surface area contributed by atoms with Crippen LogP contribution >= 0.6 is 0 Å². The molecule has 52 heavy (non-hydrogen) atoms. The molecule has 0 aromatic heterocycles. The zero-order valence-electron chi connectivity index (χ0n) is 27.7. The number of ketones is 3. The van der Waals surface area contributed by atoms with E-state index in [0.29, 0.717) is 0 Å². The van der Waals surface area contributed by atoms with Gasteiger partial charge >= 0.3 is 18.1 Å². The molecule has 1 heterocycles. The van der Waals surface area contributed by atoms with E-state index < -0.39 is 144 Å². The summed E-state index contributed by atoms with van der Waals surface area (Å²) in [4.78, 5) is 76.0. The van der Waals surface area contributed by atoms with Crippen LogP contribution in [0.25, 0.3) is 0 Å². The number of amides is 2. The van der Waals surface area contributed by atoms with Crippen LogP contribution in [0.15, 0.2) is 18.2 Å². The van der Waals surface area contributed by atoms with Gasteiger partial charge in [0.25, 0.3) is 0 Å². The highest BCUT2D eigenvalue weighted by atomic mass is 19.4. The first-order chi connectivity index (χ1) is 24.3. The minimum absolute atomic E-state index is 0.0333. The Morgan fingerprint density at radius 2 is 1.73 bits per heavy atom. The van der Waals surface area contributed by atoms with Crippen molar-refractivity contribution in [3.8, 4) is 17.2 Å². The third kappa shape index (κ3) is 7.03. The molecular formula is C33H33F3N2O14. The van der Waals surface area contributed by atoms with Gasteiger partial charge in [0.1, 0.15) is 35.5 Å². The second-order valence-electron chi connectivity index (χ2n) is 12.5. The molecule has 1 aliphatic heterocycles. The van der Waals surface area contributed by atoms with E-state index in [1.807, 2.05) is 0 Å². The van der Waals surface area contributed by atoms with Crippen LogP contribution in [-0.2, 0) is 39.8 Å². The van der Waals surface area contributed by atoms with E-state index in [1.54, 1.807) is 5.32 Å². The van der Waals surface area contributed by atoms with E-state index in [9.17, 15) is 62.4 Å². The van der Waals surface area contributed by atoms with E-state index >= 15 is 0 Å². The third-order valence-electron chi connectivity index (χ3n) is 9.04. The number of halogens is 3. The molecular weight excluding hydrogens is 705 g/mol. The molecule has 4 unspecified atom stereocenters. The monoisotopic (exact) mass is 738 g/mol. The number of aliphatic hydroxyl groups excluding tert-OH is 1. The first kappa shape index (κ1) is 38.1. The summed E-state index contributed by atoms with van der Waals surface area (Å²) in [7, 11) is 1.23. The number of nitrogens with one attached hydrogen (secondary N) is 2. The smallest absolute Gasteiger partial charge is 0.471 e. The minimum atomic E-state index is -5.31. The van der Waals surface area contributed by atoms with Crippen molar-refractivity contribution >= 4 is 35.1 Å². The highest BCUT2D eigenvalue weighted by Crippen LogP contribution is 2.52. The lowest BCUT2D eigenvalue weighted by Gasteiger charge is -2.43. The first-order valence-corrected chi connectivity index (χ1v) is 15.7. The molecule has 0 saturated carbocycles. The van der Waals surface area contributed by atoms with E-state index in [1.165, 1.54) is 32.2 Å². The van der Waals surface area contributed by atoms with Crippen LogP contribution in [-0.4, -0.2) is 112 Å². The highest BCUT2D eigenvalue weighted by Gasteiger charge is 2.51. The van der Waals surface area contributed by atoms with Gasteiger partial charge in [0, 0.05) is 42.9 Å². The zero-order chi connectivity index (χ0) is 38.4. The van der Waals surface area contributed by atoms with Gasteiger partial charge in [-0.1, -0.05) is 12.1 Å². The van der Waals surface area contributed by atoms with E-state index in [0.717, 1.165) is 6.92 Å². The van der Waals surface area contributed by atoms with Gasteiger partial charge in [-0.15, -0.1) is 0 Å². The van der Waals surface area contributed by atoms with Crippen molar-refractivity contribution < 1.29 is 81.3 Å². The zero-order valence-corrected chi connectivity index (χ0v) is 27.7. The molecule has 2 aromatic carbocycles. The topological polar surface area (TPSA) is 244 Å². The van der Waals surface area contributed by atoms with E-state index in [4.69, 9.17) is 18.9 Å². The van der Waals surface area contributed by atoms with E-state index in [2.05, 4.69) is 5.32 Å². The fraction of sp³-hybridized carbons (Fsp3) is 0.455. The van der Waals surface area contributed by atoms with Crippen LogP contribution in [0.3, 0.4) is 0 Å². The van der Waals surface area contributed by atoms with Crippen LogP contribution in [0.1, 0.15) is 75.8 Å². The summed E-state index contributed by atoms with van der Waals surface area (Å²) in [6.45, 7) is 0.701. The Morgan fingerprint density at radius 1 is 1.06 bits per heavy atom. The van der Waals surface area contributed by atoms with Gasteiger partial charge in [-0.3, -0.25) is 28.8 Å². The molecule has 1 saturated heterocycles. The Hall–Kier alpha value is -5.11. The molecule has 6 N–H and O–H groups in total. The van der Waals surface area contributed by atoms with Crippen molar-refractivity contribution in [2.75, 3.05) is 20.3 Å². The summed E-state index contributed by atoms with van der Waals surface area (Å²) in [6, 6.07) is 2.48. The number of fused-ring (bicyclic) bond motifs is 3. The second-order valence-corrected chi connectivity index (χ2v) is 12.5. The molecule has 5 rings (SSSR count). The number of phenols is 2. The normalized spacial score (nSPS) is 25.3. The molecule has 6 atom stereocenters. The van der Waals surface area contributed by atoms with Gasteiger partial charge < -0.3 is 50.0 Å². The summed E-state index contributed by atoms with van der Waals surface area (Å²) < 4.78 is 60.9. The van der Waals surface area contributed by atoms with Crippen LogP contribution in [0, 0.1) is 0 Å². The number of ether oxygens (including phenoxy) is 4. The third-order valence-corrected chi connectivity index (χ3v) is 9.04. The number of alkyl halides is 3. The summed E-state index contributed by atoms with van der Waals surface area (Å²) in [5, 5.41) is 49.3. The number of carbonyl (C=O) groups excluding carboxylic acids is 6. The van der Waals surface area contributed by atoms with Gasteiger partial charge in [-0.05, 0) is 13.0 Å². The van der Waals surface area contributed by atoms with Gasteiger partial charge in [0.05, 0.1) is 42.0 Å². The standard InChI is InChI=1S/C33H33F3N2O14/c1-12-26(42)16(38-31(47)33(34,35)36)7-21(51-12)52-18-9-32(48,19(40)11-50-20(41)10-37-13(2)39)8-15-23(18)30(46)25-24(28(15)44)27(43)14-5-4-6-17(49-3)22(14)29(25)45/h4-6,12,16,18,21,26,42,44,46,48H,7-11H2,1-3H3,(H,37,39)(H,38,47)/t12?,16?,18-,21?,26?,32-/m0/s1. The molecule has 2 amide bonds. The minimum Gasteiger partial charge on any atom is -0.507 e. The lowest BCUT2D eigenvalue weighted by atomic mass is 9.72. The van der Waals surface area contributed by atoms with Gasteiger partial charge in [-0.25, -0.2) is 0 Å². The van der Waals surface area contributed by atoms with E-state index in [-0.39, 0.29) is 16.9 Å². The summed E-state index contributed by atoms with van der Waals surface area (Å²) in [5.41, 5.74) is -5.18. The van der Waals surface area contributed by atoms with Crippen LogP contribution < -0.4 is 15.4 Å². The number of methoxy groups -OCH3 is 1. The average Bonchev–Trinajstić information content (AvgIpc) is 3.07. The molecule has 2 aliphatic carbocycles. The number of esters is 1. The Bertz CT molecular complexity index is 1860. The quantitative estimate of drug-likeness (QED) is 0.129. The first-order valence-electron chi connectivity index (χ1n) is 15.7. The van der Waals surface area contributed by atoms with Crippen molar-refractivity contribution in [1.29, 1.82) is 0 Å². The van der Waals surface area contributed by atoms with Crippen molar-refractivity contribution in [2.45, 2.75) is 75.5 Å². The number of aromatic hydroxyl groups is 2. The second kappa shape index (κ2) is 14.1. The Morgan fingerprint density at radius 3 is 2.37 bits per heavy atom. The highest BCUT2D eigenvalue weighted by molar-refractivity contribution is 6.31. The molecule has 16 nitrogen and oxygen atoms in total. The number of hydrogen-bond acceptors (Lipinski definition) is 14. The molecule has 0 bridgehead atoms. The maximum Gasteiger partial charge on any atom is 0.471 e. The molecule has 2 aromatic rings. The molecule has 0 spiro atoms. The van der Waals surface area contributed by atoms with Crippen molar-refractivity contribution in [3.63, 3.8) is 0 Å². The Kier molecular flexibility index (Phi) is 10.4. The molecule has 280 valence electrons. The van der Waals surface area contributed by atoms with Crippen LogP contribution in [0.2, 0.25) is 0 Å². The maximum atomic E-state index is 13.9. The molecule has 19 heteroatoms. The van der Waals surface area contributed by atoms with Gasteiger partial charge in [0.2, 0.25) is 17.5 Å². The SMILES string of the molecule is COc1cccc2c1C(=O)c1c(O)c3c(c(O)c1C2=O)C[C@@](O)(C(=O)COC(=O)CNC(C)=O)C[C@@H]3OC1CC(NC(=O)C(F)(F)F)C(O)C(C)O1. The number of aliphatic hydroxyl groups is 2. The average molecular weight is 739 g/mol. The van der Waals surface area contributed by atoms with Crippen molar-refractivity contribution in [2.24, 2.45) is 0 Å². The Balaban J connectivity index is 1.57. The van der Waals surface area contributed by atoms with Crippen LogP contribution in [0.4, 0.5) is 13.2 Å². The molecule has 1 fully saturated rings. The number of hydrogen-bond donors (Lipinski definition) is 6. The number of rotatable bonds is 9. The lowest BCUT2D eigenvalue weighted by Crippen LogP contribution is -2.57. The van der Waals surface area contributed by atoms with Crippen LogP contribution in [0.5, 0.6) is 17.2 Å². The van der Waals surface area contributed by atoms with Crippen molar-refractivity contribution in [1.82, 2.24) is 10.6 Å². The number of Topliss-reactive ketones (excluding diaryl/α,β-unsaturated/α-hetero) is 1. The number of phenolic OH excluding ortho intramolecular Hbond substituents is 2. The predicted molar refractivity (Wildman–Crippen MR) is 164 cm³/mol. The lowest BCUT2D eigenvalue weighted by molar-refractivity contribution is -0.250. The fourth-order valence-electron chi connectivity index (χ4n) is 6.49. The molecule has 0 radical (unpaired) electrons.